The molecule has 0 saturated heterocycles. The van der Waals surface area contributed by atoms with Crippen LogP contribution in [0.3, 0.4) is 0 Å². The van der Waals surface area contributed by atoms with Crippen LogP contribution in [0.2, 0.25) is 0 Å². The minimum absolute atomic E-state index is 0.0564. The Kier molecular flexibility index (Phi) is 4.87. The van der Waals surface area contributed by atoms with E-state index in [4.69, 9.17) is 9.52 Å². The second-order valence-electron chi connectivity index (χ2n) is 4.69. The van der Waals surface area contributed by atoms with Gasteiger partial charge in [0.25, 0.3) is 0 Å². The van der Waals surface area contributed by atoms with E-state index in [-0.39, 0.29) is 34.4 Å². The Labute approximate surface area is 128 Å². The summed E-state index contributed by atoms with van der Waals surface area (Å²) in [6.07, 6.45) is 0. The number of carboxylic acids is 1. The van der Waals surface area contributed by atoms with Crippen LogP contribution < -0.4 is 0 Å². The lowest BCUT2D eigenvalue weighted by Crippen LogP contribution is -2.12. The van der Waals surface area contributed by atoms with Gasteiger partial charge in [-0.15, -0.1) is 0 Å². The van der Waals surface area contributed by atoms with Gasteiger partial charge in [0.05, 0.1) is 11.5 Å². The highest BCUT2D eigenvalue weighted by Gasteiger charge is 2.15. The molecule has 1 unspecified atom stereocenters. The summed E-state index contributed by atoms with van der Waals surface area (Å²) in [5.41, 5.74) is 0.631. The van der Waals surface area contributed by atoms with Crippen molar-refractivity contribution in [2.45, 2.75) is 12.7 Å². The van der Waals surface area contributed by atoms with Crippen molar-refractivity contribution in [2.75, 3.05) is 5.75 Å². The van der Waals surface area contributed by atoms with Gasteiger partial charge in [-0.05, 0) is 42.8 Å². The summed E-state index contributed by atoms with van der Waals surface area (Å²) in [6, 6.07) is 6.62. The van der Waals surface area contributed by atoms with E-state index in [1.165, 1.54) is 30.3 Å². The number of hydrogen-bond acceptors (Lipinski definition) is 4. The zero-order valence-corrected chi connectivity index (χ0v) is 12.5. The summed E-state index contributed by atoms with van der Waals surface area (Å²) in [7, 11) is -1.54. The molecule has 0 amide bonds. The number of carbonyl (C=O) groups excluding carboxylic acids is 1. The number of carbonyl (C=O) groups is 2. The third-order valence-electron chi connectivity index (χ3n) is 2.95. The molecular weight excluding hydrogens is 311 g/mol. The van der Waals surface area contributed by atoms with Crippen LogP contribution in [0.4, 0.5) is 4.39 Å². The number of furan rings is 1. The molecule has 5 nitrogen and oxygen atoms in total. The van der Waals surface area contributed by atoms with E-state index in [0.717, 1.165) is 0 Å². The second-order valence-corrected chi connectivity index (χ2v) is 6.14. The van der Waals surface area contributed by atoms with Crippen LogP contribution in [0, 0.1) is 12.7 Å². The summed E-state index contributed by atoms with van der Waals surface area (Å²) in [5.74, 6) is -2.30. The molecule has 1 atom stereocenters. The fraction of sp³-hybridized carbons (Fsp3) is 0.200. The molecule has 0 fully saturated rings. The summed E-state index contributed by atoms with van der Waals surface area (Å²) < 4.78 is 30.1. The first-order chi connectivity index (χ1) is 10.4. The van der Waals surface area contributed by atoms with Crippen molar-refractivity contribution >= 4 is 22.6 Å². The van der Waals surface area contributed by atoms with Crippen LogP contribution in [-0.2, 0) is 16.6 Å². The van der Waals surface area contributed by atoms with Gasteiger partial charge in [-0.25, -0.2) is 9.18 Å². The van der Waals surface area contributed by atoms with Gasteiger partial charge in [0.1, 0.15) is 11.6 Å². The standard InChI is InChI=1S/C15H13FO5S/c1-9-6-10(2-4-12(9)16)13(17)8-22(20)7-11-3-5-14(21-11)15(18)19/h2-6H,7-8H2,1H3,(H,18,19). The second kappa shape index (κ2) is 6.65. The number of ketones is 1. The predicted octanol–water partition coefficient (Wildman–Crippen LogP) is 2.56. The van der Waals surface area contributed by atoms with Crippen molar-refractivity contribution in [3.05, 3.63) is 58.8 Å². The molecule has 1 aromatic carbocycles. The third kappa shape index (κ3) is 3.88. The minimum atomic E-state index is -1.54. The molecule has 0 spiro atoms. The predicted molar refractivity (Wildman–Crippen MR) is 77.8 cm³/mol. The maximum atomic E-state index is 13.1. The normalized spacial score (nSPS) is 12.1. The zero-order chi connectivity index (χ0) is 16.3. The maximum absolute atomic E-state index is 13.1. The van der Waals surface area contributed by atoms with E-state index in [9.17, 15) is 18.2 Å². The van der Waals surface area contributed by atoms with Crippen molar-refractivity contribution in [1.29, 1.82) is 0 Å². The van der Waals surface area contributed by atoms with Crippen molar-refractivity contribution in [3.8, 4) is 0 Å². The average Bonchev–Trinajstić information content (AvgIpc) is 2.90. The molecule has 0 aliphatic rings. The van der Waals surface area contributed by atoms with Gasteiger partial charge in [0.2, 0.25) is 5.76 Å². The molecule has 0 radical (unpaired) electrons. The molecule has 1 aromatic heterocycles. The molecule has 116 valence electrons. The Morgan fingerprint density at radius 1 is 1.27 bits per heavy atom. The van der Waals surface area contributed by atoms with E-state index >= 15 is 0 Å². The molecule has 22 heavy (non-hydrogen) atoms. The fourth-order valence-corrected chi connectivity index (χ4v) is 2.86. The summed E-state index contributed by atoms with van der Waals surface area (Å²) in [4.78, 5) is 22.6. The van der Waals surface area contributed by atoms with Crippen LogP contribution >= 0.6 is 0 Å². The van der Waals surface area contributed by atoms with Crippen molar-refractivity contribution in [2.24, 2.45) is 0 Å². The SMILES string of the molecule is Cc1cc(C(=O)CS(=O)Cc2ccc(C(=O)O)o2)ccc1F. The van der Waals surface area contributed by atoms with Gasteiger partial charge >= 0.3 is 5.97 Å². The van der Waals surface area contributed by atoms with Gasteiger partial charge in [-0.1, -0.05) is 0 Å². The molecule has 0 aliphatic heterocycles. The smallest absolute Gasteiger partial charge is 0.371 e. The first-order valence-electron chi connectivity index (χ1n) is 6.33. The lowest BCUT2D eigenvalue weighted by molar-refractivity contribution is 0.0660. The number of halogens is 1. The lowest BCUT2D eigenvalue weighted by atomic mass is 10.1. The van der Waals surface area contributed by atoms with Crippen molar-refractivity contribution in [1.82, 2.24) is 0 Å². The molecule has 0 aliphatic carbocycles. The minimum Gasteiger partial charge on any atom is -0.475 e. The molecule has 1 heterocycles. The first kappa shape index (κ1) is 16.1. The molecule has 0 saturated carbocycles. The number of benzene rings is 1. The molecule has 2 aromatic rings. The summed E-state index contributed by atoms with van der Waals surface area (Å²) in [6.45, 7) is 1.54. The average molecular weight is 324 g/mol. The van der Waals surface area contributed by atoms with Crippen LogP contribution in [0.1, 0.15) is 32.2 Å². The van der Waals surface area contributed by atoms with E-state index in [1.807, 2.05) is 0 Å². The number of aromatic carboxylic acids is 1. The lowest BCUT2D eigenvalue weighted by Gasteiger charge is -2.03. The van der Waals surface area contributed by atoms with Crippen molar-refractivity contribution < 1.29 is 27.7 Å². The Morgan fingerprint density at radius 3 is 2.59 bits per heavy atom. The quantitative estimate of drug-likeness (QED) is 0.826. The van der Waals surface area contributed by atoms with E-state index in [0.29, 0.717) is 5.56 Å². The molecular formula is C15H13FO5S. The van der Waals surface area contributed by atoms with E-state index in [2.05, 4.69) is 0 Å². The highest BCUT2D eigenvalue weighted by Crippen LogP contribution is 2.13. The Morgan fingerprint density at radius 2 is 2.00 bits per heavy atom. The van der Waals surface area contributed by atoms with Crippen LogP contribution in [0.15, 0.2) is 34.7 Å². The third-order valence-corrected chi connectivity index (χ3v) is 4.14. The monoisotopic (exact) mass is 324 g/mol. The highest BCUT2D eigenvalue weighted by atomic mass is 32.2. The fourth-order valence-electron chi connectivity index (χ4n) is 1.83. The van der Waals surface area contributed by atoms with Gasteiger partial charge in [-0.3, -0.25) is 9.00 Å². The Hall–Kier alpha value is -2.28. The summed E-state index contributed by atoms with van der Waals surface area (Å²) in [5, 5.41) is 8.72. The zero-order valence-electron chi connectivity index (χ0n) is 11.7. The number of Topliss-reactive ketones (excluding diaryl/α,β-unsaturated/α-hetero) is 1. The van der Waals surface area contributed by atoms with Crippen LogP contribution in [0.5, 0.6) is 0 Å². The molecule has 0 bridgehead atoms. The number of carboxylic acid groups (broad SMARTS) is 1. The van der Waals surface area contributed by atoms with Crippen LogP contribution in [-0.4, -0.2) is 26.8 Å². The maximum Gasteiger partial charge on any atom is 0.371 e. The summed E-state index contributed by atoms with van der Waals surface area (Å²) >= 11 is 0. The van der Waals surface area contributed by atoms with Gasteiger partial charge in [-0.2, -0.15) is 0 Å². The van der Waals surface area contributed by atoms with Gasteiger partial charge in [0, 0.05) is 16.4 Å². The topological polar surface area (TPSA) is 84.6 Å². The number of aryl methyl sites for hydroxylation is 1. The molecule has 7 heteroatoms. The van der Waals surface area contributed by atoms with Crippen molar-refractivity contribution in [3.63, 3.8) is 0 Å². The molecule has 2 rings (SSSR count). The highest BCUT2D eigenvalue weighted by molar-refractivity contribution is 7.85. The first-order valence-corrected chi connectivity index (χ1v) is 7.82. The van der Waals surface area contributed by atoms with Gasteiger partial charge < -0.3 is 9.52 Å². The number of hydrogen-bond donors (Lipinski definition) is 1. The van der Waals surface area contributed by atoms with E-state index < -0.39 is 22.6 Å². The van der Waals surface area contributed by atoms with E-state index in [1.54, 1.807) is 6.92 Å². The van der Waals surface area contributed by atoms with Crippen LogP contribution in [0.25, 0.3) is 0 Å². The largest absolute Gasteiger partial charge is 0.475 e. The van der Waals surface area contributed by atoms with Gasteiger partial charge in [0.15, 0.2) is 5.78 Å². The number of rotatable bonds is 6. The Balaban J connectivity index is 2.00. The Bertz CT molecular complexity index is 750. The molecule has 1 N–H and O–H groups in total.